The molecular weight excluding hydrogens is 757 g/mol. The fraction of sp³-hybridized carbons (Fsp3) is 0.705. The van der Waals surface area contributed by atoms with Gasteiger partial charge in [-0.2, -0.15) is 0 Å². The number of primary amides is 1. The van der Waals surface area contributed by atoms with Gasteiger partial charge in [0, 0.05) is 43.5 Å². The molecule has 2 rings (SSSR count). The summed E-state index contributed by atoms with van der Waals surface area (Å²) in [6.45, 7) is 18.7. The number of benzene rings is 1. The van der Waals surface area contributed by atoms with Crippen molar-refractivity contribution in [3.8, 4) is 5.75 Å². The van der Waals surface area contributed by atoms with Crippen molar-refractivity contribution in [2.75, 3.05) is 46.4 Å². The Hall–Kier alpha value is -3.59. The molecule has 332 valence electrons. The van der Waals surface area contributed by atoms with Crippen LogP contribution in [0.3, 0.4) is 0 Å². The summed E-state index contributed by atoms with van der Waals surface area (Å²) in [5.74, 6) is 0.928. The summed E-state index contributed by atoms with van der Waals surface area (Å²) < 4.78 is 12.2. The van der Waals surface area contributed by atoms with E-state index in [1.807, 2.05) is 29.5 Å². The average Bonchev–Trinajstić information content (AvgIpc) is 3.69. The Morgan fingerprint density at radius 3 is 2.16 bits per heavy atom. The van der Waals surface area contributed by atoms with Gasteiger partial charge in [-0.1, -0.05) is 79.9 Å². The number of hydrogen-bond donors (Lipinski definition) is 4. The first-order valence-corrected chi connectivity index (χ1v) is 22.4. The third-order valence-corrected chi connectivity index (χ3v) is 10.2. The number of rotatable bonds is 29. The second kappa shape index (κ2) is 34.3. The van der Waals surface area contributed by atoms with E-state index in [9.17, 15) is 14.4 Å². The van der Waals surface area contributed by atoms with Gasteiger partial charge in [0.05, 0.1) is 13.2 Å². The summed E-state index contributed by atoms with van der Waals surface area (Å²) in [7, 11) is 1.90. The number of ether oxygens (including phenoxy) is 2. The molecular formula is C44H78N6O7S. The van der Waals surface area contributed by atoms with Crippen molar-refractivity contribution in [2.45, 2.75) is 150 Å². The molecule has 0 aliphatic heterocycles. The van der Waals surface area contributed by atoms with E-state index in [-0.39, 0.29) is 48.3 Å². The number of carboxylic acid groups (broad SMARTS) is 1. The van der Waals surface area contributed by atoms with E-state index in [0.717, 1.165) is 100 Å². The number of thiazole rings is 1. The number of aromatic nitrogens is 1. The fourth-order valence-electron chi connectivity index (χ4n) is 6.26. The smallest absolute Gasteiger partial charge is 0.290 e. The zero-order valence-electron chi connectivity index (χ0n) is 37.0. The van der Waals surface area contributed by atoms with Gasteiger partial charge in [-0.25, -0.2) is 4.98 Å². The highest BCUT2D eigenvalue weighted by atomic mass is 32.1. The van der Waals surface area contributed by atoms with Crippen LogP contribution in [0.5, 0.6) is 5.75 Å². The largest absolute Gasteiger partial charge is 0.494 e. The van der Waals surface area contributed by atoms with Crippen LogP contribution >= 0.6 is 11.3 Å². The monoisotopic (exact) mass is 835 g/mol. The number of likely N-dealkylation sites (N-methyl/N-ethyl adjacent to an activating group) is 1. The molecule has 14 heteroatoms. The lowest BCUT2D eigenvalue weighted by Gasteiger charge is -2.36. The number of nitrogens with one attached hydrogen (secondary N) is 1. The van der Waals surface area contributed by atoms with Crippen molar-refractivity contribution in [3.63, 3.8) is 0 Å². The summed E-state index contributed by atoms with van der Waals surface area (Å²) in [6, 6.07) is 8.17. The summed E-state index contributed by atoms with van der Waals surface area (Å²) in [5.41, 5.74) is 12.1. The molecule has 1 aromatic carbocycles. The molecule has 13 nitrogen and oxygen atoms in total. The summed E-state index contributed by atoms with van der Waals surface area (Å²) in [6.07, 6.45) is 11.4. The Morgan fingerprint density at radius 2 is 1.60 bits per heavy atom. The highest BCUT2D eigenvalue weighted by Crippen LogP contribution is 2.31. The van der Waals surface area contributed by atoms with E-state index >= 15 is 0 Å². The van der Waals surface area contributed by atoms with Gasteiger partial charge in [0.2, 0.25) is 11.8 Å². The second-order valence-corrected chi connectivity index (χ2v) is 15.9. The molecule has 0 spiro atoms. The average molecular weight is 835 g/mol. The van der Waals surface area contributed by atoms with Gasteiger partial charge < -0.3 is 36.3 Å². The summed E-state index contributed by atoms with van der Waals surface area (Å²) >= 11 is 1.47. The number of unbranched alkanes of at least 4 members (excludes halogenated alkanes) is 3. The first kappa shape index (κ1) is 54.4. The lowest BCUT2D eigenvalue weighted by molar-refractivity contribution is -0.136. The van der Waals surface area contributed by atoms with Crippen molar-refractivity contribution in [1.82, 2.24) is 20.1 Å². The number of nitrogens with two attached hydrogens (primary N) is 2. The highest BCUT2D eigenvalue weighted by molar-refractivity contribution is 7.09. The highest BCUT2D eigenvalue weighted by Gasteiger charge is 2.31. The first-order valence-electron chi connectivity index (χ1n) is 21.5. The van der Waals surface area contributed by atoms with Crippen LogP contribution in [0.15, 0.2) is 29.6 Å². The Morgan fingerprint density at radius 1 is 0.931 bits per heavy atom. The molecule has 0 radical (unpaired) electrons. The van der Waals surface area contributed by atoms with Gasteiger partial charge >= 0.3 is 0 Å². The van der Waals surface area contributed by atoms with Crippen LogP contribution in [0.25, 0.3) is 0 Å². The maximum Gasteiger partial charge on any atom is 0.290 e. The minimum atomic E-state index is -0.273. The van der Waals surface area contributed by atoms with Crippen LogP contribution in [0.1, 0.15) is 153 Å². The van der Waals surface area contributed by atoms with Crippen LogP contribution in [-0.2, 0) is 25.5 Å². The Kier molecular flexibility index (Phi) is 32.2. The predicted molar refractivity (Wildman–Crippen MR) is 236 cm³/mol. The van der Waals surface area contributed by atoms with Crippen molar-refractivity contribution >= 4 is 35.5 Å². The Balaban J connectivity index is 0.00000214. The van der Waals surface area contributed by atoms with Gasteiger partial charge in [0.1, 0.15) is 22.6 Å². The zero-order valence-corrected chi connectivity index (χ0v) is 37.8. The fourth-order valence-corrected chi connectivity index (χ4v) is 7.11. The number of nitrogens with zero attached hydrogens (tertiary/aromatic N) is 3. The lowest BCUT2D eigenvalue weighted by Crippen LogP contribution is -2.44. The maximum atomic E-state index is 13.4. The minimum absolute atomic E-state index is 0.00170. The molecule has 0 saturated carbocycles. The third kappa shape index (κ3) is 24.4. The van der Waals surface area contributed by atoms with Gasteiger partial charge in [-0.3, -0.25) is 24.1 Å². The van der Waals surface area contributed by atoms with Crippen molar-refractivity contribution < 1.29 is 33.8 Å². The van der Waals surface area contributed by atoms with Crippen LogP contribution in [-0.4, -0.2) is 103 Å². The Labute approximate surface area is 354 Å². The van der Waals surface area contributed by atoms with Gasteiger partial charge in [0.15, 0.2) is 0 Å². The molecule has 0 bridgehead atoms. The van der Waals surface area contributed by atoms with Gasteiger partial charge in [-0.15, -0.1) is 11.3 Å². The Bertz CT molecular complexity index is 1360. The van der Waals surface area contributed by atoms with Gasteiger partial charge in [-0.05, 0) is 95.1 Å². The number of carbonyl (C=O) groups excluding carboxylic acids is 3. The zero-order chi connectivity index (χ0) is 43.7. The van der Waals surface area contributed by atoms with Crippen LogP contribution in [0.4, 0.5) is 0 Å². The van der Waals surface area contributed by atoms with Crippen molar-refractivity contribution in [1.29, 1.82) is 0 Å². The van der Waals surface area contributed by atoms with Crippen LogP contribution in [0, 0.1) is 5.92 Å². The topological polar surface area (TPSA) is 190 Å². The molecule has 3 atom stereocenters. The molecule has 0 aliphatic carbocycles. The maximum absolute atomic E-state index is 13.4. The number of hydrogen-bond acceptors (Lipinski definition) is 10. The number of carbonyl (C=O) groups is 4. The normalized spacial score (nSPS) is 12.4. The van der Waals surface area contributed by atoms with Crippen LogP contribution < -0.4 is 21.5 Å². The molecule has 58 heavy (non-hydrogen) atoms. The van der Waals surface area contributed by atoms with E-state index in [0.29, 0.717) is 44.8 Å². The summed E-state index contributed by atoms with van der Waals surface area (Å²) in [5, 5.41) is 12.8. The van der Waals surface area contributed by atoms with E-state index < -0.39 is 0 Å². The molecule has 1 heterocycles. The quantitative estimate of drug-likeness (QED) is 0.0469. The van der Waals surface area contributed by atoms with Gasteiger partial charge in [0.25, 0.3) is 12.4 Å². The molecule has 3 unspecified atom stereocenters. The molecule has 0 aliphatic rings. The standard InChI is InChI=1S/C36H60N4O4S.C7H16N2O.CH2O2/c1-7-11-15-34(41)40(21-9-3)32(27(5)6)25-33(44-22-10-4)36-39-31(26-45-36)35(42)38-29(14-8-2)24-28-16-18-30(19-17-28)43-23-13-12-20-37;1-3-4-5-9(2)6-7(8)10;2-1-3/h16-19,26-27,29,32-33H,7-15,20-25,37H2,1-6H3,(H,38,42);3-6H2,1-2H3,(H2,8,10);1H,(H,2,3). The molecule has 3 amide bonds. The predicted octanol–water partition coefficient (Wildman–Crippen LogP) is 7.62. The summed E-state index contributed by atoms with van der Waals surface area (Å²) in [4.78, 5) is 54.2. The molecule has 0 saturated heterocycles. The first-order chi connectivity index (χ1) is 27.8. The second-order valence-electron chi connectivity index (χ2n) is 15.0. The van der Waals surface area contributed by atoms with Crippen LogP contribution in [0.2, 0.25) is 0 Å². The molecule has 0 fully saturated rings. The molecule has 6 N–H and O–H groups in total. The van der Waals surface area contributed by atoms with Crippen molar-refractivity contribution in [3.05, 3.63) is 45.9 Å². The van der Waals surface area contributed by atoms with Crippen molar-refractivity contribution in [2.24, 2.45) is 17.4 Å². The van der Waals surface area contributed by atoms with E-state index in [1.54, 1.807) is 0 Å². The van der Waals surface area contributed by atoms with E-state index in [1.165, 1.54) is 11.3 Å². The van der Waals surface area contributed by atoms with E-state index in [4.69, 9.17) is 35.8 Å². The SMILES string of the molecule is CCCCC(=O)N(CCC)C(CC(OCCC)c1nc(C(=O)NC(CCC)Cc2ccc(OCCCCN)cc2)cs1)C(C)C.CCCCN(C)CC(N)=O.O=CO. The molecule has 2 aromatic rings. The minimum Gasteiger partial charge on any atom is -0.494 e. The van der Waals surface area contributed by atoms with E-state index in [2.05, 4.69) is 70.8 Å². The third-order valence-electron chi connectivity index (χ3n) is 9.27. The number of amides is 3. The lowest BCUT2D eigenvalue weighted by atomic mass is 9.95. The molecule has 1 aromatic heterocycles.